The van der Waals surface area contributed by atoms with Crippen LogP contribution in [0.5, 0.6) is 0 Å². The van der Waals surface area contributed by atoms with Crippen molar-refractivity contribution in [3.05, 3.63) is 0 Å². The molecule has 0 aromatic carbocycles. The molecule has 0 fully saturated rings. The maximum Gasteiger partial charge on any atom is 0.346 e. The SMILES string of the molecule is O=C(O)[C@@](O)(CO)C(=O)CO. The summed E-state index contributed by atoms with van der Waals surface area (Å²) in [5.41, 5.74) is -2.87. The summed E-state index contributed by atoms with van der Waals surface area (Å²) in [5, 5.41) is 33.5. The van der Waals surface area contributed by atoms with Crippen LogP contribution < -0.4 is 0 Å². The van der Waals surface area contributed by atoms with Crippen molar-refractivity contribution in [1.29, 1.82) is 0 Å². The molecule has 0 spiro atoms. The molecule has 1 atom stereocenters. The minimum Gasteiger partial charge on any atom is -0.479 e. The van der Waals surface area contributed by atoms with E-state index in [1.165, 1.54) is 0 Å². The number of rotatable bonds is 4. The number of Topliss-reactive ketones (excluding diaryl/α,β-unsaturated/α-hetero) is 1. The second-order valence-corrected chi connectivity index (χ2v) is 1.90. The maximum absolute atomic E-state index is 10.5. The normalized spacial score (nSPS) is 15.5. The van der Waals surface area contributed by atoms with Gasteiger partial charge in [-0.2, -0.15) is 0 Å². The molecule has 0 saturated heterocycles. The molecule has 0 heterocycles. The summed E-state index contributed by atoms with van der Waals surface area (Å²) in [7, 11) is 0. The van der Waals surface area contributed by atoms with Gasteiger partial charge < -0.3 is 20.4 Å². The fraction of sp³-hybridized carbons (Fsp3) is 0.600. The number of aliphatic carboxylic acids is 1. The Morgan fingerprint density at radius 3 is 1.82 bits per heavy atom. The Balaban J connectivity index is 4.59. The molecule has 0 amide bonds. The highest BCUT2D eigenvalue weighted by Crippen LogP contribution is 2.04. The van der Waals surface area contributed by atoms with Crippen molar-refractivity contribution in [2.24, 2.45) is 0 Å². The van der Waals surface area contributed by atoms with Crippen molar-refractivity contribution < 1.29 is 30.0 Å². The summed E-state index contributed by atoms with van der Waals surface area (Å²) in [6.45, 7) is -2.37. The van der Waals surface area contributed by atoms with Gasteiger partial charge in [-0.3, -0.25) is 4.79 Å². The van der Waals surface area contributed by atoms with Crippen molar-refractivity contribution >= 4 is 11.8 Å². The van der Waals surface area contributed by atoms with E-state index in [-0.39, 0.29) is 0 Å². The summed E-state index contributed by atoms with van der Waals surface area (Å²) in [6.07, 6.45) is 0. The van der Waals surface area contributed by atoms with Gasteiger partial charge in [-0.25, -0.2) is 4.79 Å². The quantitative estimate of drug-likeness (QED) is 0.337. The topological polar surface area (TPSA) is 115 Å². The number of carbonyl (C=O) groups excluding carboxylic acids is 1. The third kappa shape index (κ3) is 1.73. The molecule has 64 valence electrons. The molecular weight excluding hydrogens is 156 g/mol. The van der Waals surface area contributed by atoms with Gasteiger partial charge in [0.2, 0.25) is 11.4 Å². The van der Waals surface area contributed by atoms with Crippen LogP contribution in [0.3, 0.4) is 0 Å². The van der Waals surface area contributed by atoms with Crippen LogP contribution in [0.2, 0.25) is 0 Å². The van der Waals surface area contributed by atoms with Gasteiger partial charge in [0.1, 0.15) is 6.61 Å². The zero-order chi connectivity index (χ0) is 9.07. The Bertz CT molecular complexity index is 176. The van der Waals surface area contributed by atoms with Crippen LogP contribution in [0.1, 0.15) is 0 Å². The summed E-state index contributed by atoms with van der Waals surface area (Å²) in [4.78, 5) is 20.6. The van der Waals surface area contributed by atoms with E-state index in [0.717, 1.165) is 0 Å². The highest BCUT2D eigenvalue weighted by Gasteiger charge is 2.42. The summed E-state index contributed by atoms with van der Waals surface area (Å²) in [6, 6.07) is 0. The molecule has 0 rings (SSSR count). The highest BCUT2D eigenvalue weighted by molar-refractivity contribution is 6.06. The van der Waals surface area contributed by atoms with Gasteiger partial charge >= 0.3 is 5.97 Å². The molecule has 0 bridgehead atoms. The smallest absolute Gasteiger partial charge is 0.346 e. The molecule has 6 nitrogen and oxygen atoms in total. The van der Waals surface area contributed by atoms with Crippen molar-refractivity contribution in [2.75, 3.05) is 13.2 Å². The zero-order valence-corrected chi connectivity index (χ0v) is 5.52. The molecule has 0 saturated carbocycles. The monoisotopic (exact) mass is 164 g/mol. The average Bonchev–Trinajstić information content (AvgIpc) is 2.01. The Labute approximate surface area is 61.7 Å². The lowest BCUT2D eigenvalue weighted by molar-refractivity contribution is -0.170. The largest absolute Gasteiger partial charge is 0.479 e. The van der Waals surface area contributed by atoms with Gasteiger partial charge in [-0.15, -0.1) is 0 Å². The van der Waals surface area contributed by atoms with Crippen molar-refractivity contribution in [3.63, 3.8) is 0 Å². The summed E-state index contributed by atoms with van der Waals surface area (Å²) < 4.78 is 0. The van der Waals surface area contributed by atoms with E-state index in [1.807, 2.05) is 0 Å². The first-order valence-electron chi connectivity index (χ1n) is 2.70. The van der Waals surface area contributed by atoms with Crippen molar-refractivity contribution in [2.45, 2.75) is 5.60 Å². The van der Waals surface area contributed by atoms with Gasteiger partial charge in [-0.05, 0) is 0 Å². The lowest BCUT2D eigenvalue weighted by atomic mass is 10.0. The molecule has 0 aromatic rings. The molecule has 0 radical (unpaired) electrons. The summed E-state index contributed by atoms with van der Waals surface area (Å²) >= 11 is 0. The number of carbonyl (C=O) groups is 2. The molecule has 0 aliphatic carbocycles. The Kier molecular flexibility index (Phi) is 3.12. The number of carboxylic acid groups (broad SMARTS) is 1. The Morgan fingerprint density at radius 1 is 1.27 bits per heavy atom. The van der Waals surface area contributed by atoms with Crippen LogP contribution in [0.25, 0.3) is 0 Å². The Hall–Kier alpha value is -0.980. The standard InChI is InChI=1S/C5H8O6/c6-1-3(8)5(11,2-7)4(9)10/h6-7,11H,1-2H2,(H,9,10)/t5-/m1/s1. The van der Waals surface area contributed by atoms with E-state index in [0.29, 0.717) is 0 Å². The first kappa shape index (κ1) is 10.0. The lowest BCUT2D eigenvalue weighted by Gasteiger charge is -2.16. The second kappa shape index (κ2) is 3.42. The molecule has 0 unspecified atom stereocenters. The van der Waals surface area contributed by atoms with Gasteiger partial charge in [0, 0.05) is 0 Å². The fourth-order valence-electron chi connectivity index (χ4n) is 0.406. The predicted octanol–water partition coefficient (Wildman–Crippen LogP) is -2.64. The first-order valence-corrected chi connectivity index (χ1v) is 2.70. The van der Waals surface area contributed by atoms with Gasteiger partial charge in [0.25, 0.3) is 0 Å². The molecule has 11 heavy (non-hydrogen) atoms. The van der Waals surface area contributed by atoms with Gasteiger partial charge in [0.05, 0.1) is 6.61 Å². The number of carboxylic acids is 1. The van der Waals surface area contributed by atoms with Crippen LogP contribution in [0, 0.1) is 0 Å². The third-order valence-electron chi connectivity index (χ3n) is 1.19. The zero-order valence-electron chi connectivity index (χ0n) is 5.52. The number of aliphatic hydroxyl groups is 3. The van der Waals surface area contributed by atoms with Crippen LogP contribution in [0.15, 0.2) is 0 Å². The molecule has 0 aliphatic heterocycles. The number of hydrogen-bond donors (Lipinski definition) is 4. The van der Waals surface area contributed by atoms with Crippen LogP contribution in [-0.2, 0) is 9.59 Å². The lowest BCUT2D eigenvalue weighted by Crippen LogP contribution is -2.51. The molecular formula is C5H8O6. The number of hydrogen-bond acceptors (Lipinski definition) is 5. The van der Waals surface area contributed by atoms with E-state index in [4.69, 9.17) is 20.4 Å². The predicted molar refractivity (Wildman–Crippen MR) is 31.8 cm³/mol. The third-order valence-corrected chi connectivity index (χ3v) is 1.19. The van der Waals surface area contributed by atoms with E-state index in [1.54, 1.807) is 0 Å². The second-order valence-electron chi connectivity index (χ2n) is 1.90. The van der Waals surface area contributed by atoms with Crippen LogP contribution in [0.4, 0.5) is 0 Å². The first-order chi connectivity index (χ1) is 4.99. The van der Waals surface area contributed by atoms with E-state index < -0.39 is 30.6 Å². The van der Waals surface area contributed by atoms with Crippen LogP contribution >= 0.6 is 0 Å². The van der Waals surface area contributed by atoms with E-state index in [2.05, 4.69) is 0 Å². The molecule has 0 aliphatic rings. The van der Waals surface area contributed by atoms with Gasteiger partial charge in [-0.1, -0.05) is 0 Å². The van der Waals surface area contributed by atoms with E-state index in [9.17, 15) is 9.59 Å². The van der Waals surface area contributed by atoms with Gasteiger partial charge in [0.15, 0.2) is 0 Å². The highest BCUT2D eigenvalue weighted by atomic mass is 16.4. The molecule has 0 aromatic heterocycles. The van der Waals surface area contributed by atoms with Crippen molar-refractivity contribution in [3.8, 4) is 0 Å². The minimum absolute atomic E-state index is 1.12. The molecule has 4 N–H and O–H groups in total. The van der Waals surface area contributed by atoms with Crippen molar-refractivity contribution in [1.82, 2.24) is 0 Å². The maximum atomic E-state index is 10.5. The number of aliphatic hydroxyl groups excluding tert-OH is 2. The minimum atomic E-state index is -2.87. The Morgan fingerprint density at radius 2 is 1.73 bits per heavy atom. The average molecular weight is 164 g/mol. The van der Waals surface area contributed by atoms with E-state index >= 15 is 0 Å². The molecule has 6 heteroatoms. The summed E-state index contributed by atoms with van der Waals surface area (Å²) in [5.74, 6) is -3.22. The fourth-order valence-corrected chi connectivity index (χ4v) is 0.406. The van der Waals surface area contributed by atoms with Crippen LogP contribution in [-0.4, -0.2) is 51.0 Å². The number of ketones is 1.